The van der Waals surface area contributed by atoms with Gasteiger partial charge >= 0.3 is 0 Å². The van der Waals surface area contributed by atoms with Crippen molar-refractivity contribution in [3.8, 4) is 0 Å². The highest BCUT2D eigenvalue weighted by Crippen LogP contribution is 2.55. The Morgan fingerprint density at radius 2 is 1.09 bits per heavy atom. The molecule has 0 aliphatic heterocycles. The predicted molar refractivity (Wildman–Crippen MR) is 113 cm³/mol. The first-order chi connectivity index (χ1) is 9.80. The zero-order chi connectivity index (χ0) is 17.4. The molecule has 0 heterocycles. The molecule has 22 heavy (non-hydrogen) atoms. The largest absolute Gasteiger partial charge is 0.419 e. The number of hydrogen-bond acceptors (Lipinski definition) is 1. The van der Waals surface area contributed by atoms with Crippen LogP contribution in [-0.4, -0.2) is 40.4 Å². The van der Waals surface area contributed by atoms with Crippen molar-refractivity contribution in [1.29, 1.82) is 0 Å². The van der Waals surface area contributed by atoms with Crippen LogP contribution in [0.15, 0.2) is 30.3 Å². The van der Waals surface area contributed by atoms with E-state index in [9.17, 15) is 0 Å². The van der Waals surface area contributed by atoms with E-state index in [-0.39, 0.29) is 0 Å². The minimum Gasteiger partial charge on any atom is -0.419 e. The standard InChI is InChI=1S/C17H36OSi4/c1-18-19(16-14-12-11-13-15-16)17(20(2,3)4,21(5,6)7)22(8,9)10/h11-15,19H,1-10H3. The molecule has 0 N–H and O–H groups in total. The Hall–Kier alpha value is 0.0475. The van der Waals surface area contributed by atoms with Crippen molar-refractivity contribution in [2.45, 2.75) is 62.8 Å². The van der Waals surface area contributed by atoms with Crippen molar-refractivity contribution in [1.82, 2.24) is 0 Å². The highest BCUT2D eigenvalue weighted by Gasteiger charge is 2.64. The summed E-state index contributed by atoms with van der Waals surface area (Å²) < 4.78 is 6.94. The third kappa shape index (κ3) is 3.29. The van der Waals surface area contributed by atoms with Crippen LogP contribution >= 0.6 is 0 Å². The molecule has 1 aromatic carbocycles. The molecule has 0 saturated heterocycles. The summed E-state index contributed by atoms with van der Waals surface area (Å²) in [6, 6.07) is 11.2. The molecular formula is C17H36OSi4. The Labute approximate surface area is 143 Å². The molecule has 1 rings (SSSR count). The van der Waals surface area contributed by atoms with E-state index in [1.54, 1.807) is 0 Å². The molecule has 0 aliphatic carbocycles. The summed E-state index contributed by atoms with van der Waals surface area (Å²) in [6.07, 6.45) is 0. The first-order valence-corrected chi connectivity index (χ1v) is 20.5. The predicted octanol–water partition coefficient (Wildman–Crippen LogP) is 4.64. The maximum Gasteiger partial charge on any atom is 0.206 e. The van der Waals surface area contributed by atoms with Crippen LogP contribution in [0.3, 0.4) is 0 Å². The molecule has 1 aromatic rings. The SMILES string of the molecule is CO[SiH](c1ccccc1)C([Si](C)(C)C)([Si](C)(C)C)[Si](C)(C)C. The van der Waals surface area contributed by atoms with Crippen molar-refractivity contribution in [2.24, 2.45) is 0 Å². The quantitative estimate of drug-likeness (QED) is 0.665. The third-order valence-corrected chi connectivity index (χ3v) is 38.3. The summed E-state index contributed by atoms with van der Waals surface area (Å²) in [6.45, 7) is 23.4. The van der Waals surface area contributed by atoms with Gasteiger partial charge in [-0.05, 0) is 9.09 Å². The fraction of sp³-hybridized carbons (Fsp3) is 0.647. The van der Waals surface area contributed by atoms with Crippen LogP contribution in [0.5, 0.6) is 0 Å². The zero-order valence-electron chi connectivity index (χ0n) is 16.4. The lowest BCUT2D eigenvalue weighted by Crippen LogP contribution is -2.75. The van der Waals surface area contributed by atoms with E-state index in [1.807, 2.05) is 7.11 Å². The van der Waals surface area contributed by atoms with Crippen LogP contribution in [0, 0.1) is 0 Å². The molecule has 0 saturated carbocycles. The van der Waals surface area contributed by atoms with Crippen molar-refractivity contribution in [3.63, 3.8) is 0 Å². The molecule has 0 fully saturated rings. The summed E-state index contributed by atoms with van der Waals surface area (Å²) in [4.78, 5) is 0. The average Bonchev–Trinajstić information content (AvgIpc) is 2.31. The Kier molecular flexibility index (Phi) is 5.95. The Morgan fingerprint density at radius 1 is 0.727 bits per heavy atom. The number of benzene rings is 1. The summed E-state index contributed by atoms with van der Waals surface area (Å²) in [5.74, 6) is 0. The van der Waals surface area contributed by atoms with E-state index in [2.05, 4.69) is 89.3 Å². The van der Waals surface area contributed by atoms with Gasteiger partial charge in [-0.2, -0.15) is 0 Å². The van der Waals surface area contributed by atoms with Gasteiger partial charge in [-0.3, -0.25) is 0 Å². The van der Waals surface area contributed by atoms with Gasteiger partial charge in [0.05, 0.1) is 0 Å². The first kappa shape index (κ1) is 20.1. The van der Waals surface area contributed by atoms with Gasteiger partial charge in [0.2, 0.25) is 9.04 Å². The van der Waals surface area contributed by atoms with E-state index in [1.165, 1.54) is 5.19 Å². The first-order valence-electron chi connectivity index (χ1n) is 8.38. The molecule has 1 unspecified atom stereocenters. The normalized spacial score (nSPS) is 15.7. The van der Waals surface area contributed by atoms with Crippen molar-refractivity contribution < 1.29 is 4.43 Å². The molecule has 0 aromatic heterocycles. The van der Waals surface area contributed by atoms with E-state index in [0.717, 1.165) is 0 Å². The lowest BCUT2D eigenvalue weighted by atomic mass is 10.4. The second-order valence-electron chi connectivity index (χ2n) is 9.58. The van der Waals surface area contributed by atoms with Gasteiger partial charge in [0, 0.05) is 31.3 Å². The Morgan fingerprint density at radius 3 is 1.36 bits per heavy atom. The van der Waals surface area contributed by atoms with Gasteiger partial charge in [0.25, 0.3) is 0 Å². The van der Waals surface area contributed by atoms with E-state index < -0.39 is 33.3 Å². The van der Waals surface area contributed by atoms with E-state index in [0.29, 0.717) is 3.91 Å². The summed E-state index contributed by atoms with van der Waals surface area (Å²) in [7, 11) is -3.77. The highest BCUT2D eigenvalue weighted by molar-refractivity contribution is 7.26. The molecule has 0 aliphatic rings. The second-order valence-corrected chi connectivity index (χ2v) is 31.4. The summed E-state index contributed by atoms with van der Waals surface area (Å²) >= 11 is 0. The van der Waals surface area contributed by atoms with Crippen molar-refractivity contribution in [2.75, 3.05) is 7.11 Å². The van der Waals surface area contributed by atoms with Crippen LogP contribution in [0.4, 0.5) is 0 Å². The minimum atomic E-state index is -1.51. The molecule has 126 valence electrons. The van der Waals surface area contributed by atoms with Gasteiger partial charge in [-0.25, -0.2) is 0 Å². The summed E-state index contributed by atoms with van der Waals surface area (Å²) in [5, 5.41) is 1.51. The third-order valence-electron chi connectivity index (χ3n) is 5.28. The molecule has 5 heteroatoms. The maximum absolute atomic E-state index is 6.42. The number of hydrogen-bond donors (Lipinski definition) is 0. The molecule has 0 radical (unpaired) electrons. The topological polar surface area (TPSA) is 9.23 Å². The van der Waals surface area contributed by atoms with Crippen LogP contribution in [-0.2, 0) is 4.43 Å². The van der Waals surface area contributed by atoms with Crippen LogP contribution in [0.1, 0.15) is 0 Å². The molecule has 1 nitrogen and oxygen atoms in total. The van der Waals surface area contributed by atoms with Gasteiger partial charge in [-0.15, -0.1) is 0 Å². The van der Waals surface area contributed by atoms with Gasteiger partial charge in [0.15, 0.2) is 0 Å². The van der Waals surface area contributed by atoms with E-state index in [4.69, 9.17) is 4.43 Å². The molecule has 0 amide bonds. The van der Waals surface area contributed by atoms with E-state index >= 15 is 0 Å². The lowest BCUT2D eigenvalue weighted by molar-refractivity contribution is 0.426. The van der Waals surface area contributed by atoms with Crippen LogP contribution < -0.4 is 5.19 Å². The van der Waals surface area contributed by atoms with Crippen molar-refractivity contribution >= 4 is 38.4 Å². The van der Waals surface area contributed by atoms with Crippen molar-refractivity contribution in [3.05, 3.63) is 30.3 Å². The fourth-order valence-corrected chi connectivity index (χ4v) is 46.4. The highest BCUT2D eigenvalue weighted by atomic mass is 28.5. The Balaban J connectivity index is 3.76. The van der Waals surface area contributed by atoms with Gasteiger partial charge in [-0.1, -0.05) is 89.3 Å². The Bertz CT molecular complexity index is 444. The molecule has 0 bridgehead atoms. The second kappa shape index (κ2) is 6.51. The van der Waals surface area contributed by atoms with Crippen LogP contribution in [0.25, 0.3) is 0 Å². The van der Waals surface area contributed by atoms with Gasteiger partial charge < -0.3 is 4.43 Å². The fourth-order valence-electron chi connectivity index (χ4n) is 5.75. The molecular weight excluding hydrogens is 333 g/mol. The average molecular weight is 369 g/mol. The number of rotatable bonds is 6. The van der Waals surface area contributed by atoms with Crippen LogP contribution in [0.2, 0.25) is 62.8 Å². The monoisotopic (exact) mass is 368 g/mol. The smallest absolute Gasteiger partial charge is 0.206 e. The van der Waals surface area contributed by atoms with Gasteiger partial charge in [0.1, 0.15) is 0 Å². The summed E-state index contributed by atoms with van der Waals surface area (Å²) in [5.41, 5.74) is 0. The minimum absolute atomic E-state index is 0.517. The lowest BCUT2D eigenvalue weighted by Gasteiger charge is -2.61. The zero-order valence-corrected chi connectivity index (χ0v) is 20.5. The molecule has 1 atom stereocenters. The molecule has 0 spiro atoms. The maximum atomic E-state index is 6.42.